The van der Waals surface area contributed by atoms with Gasteiger partial charge in [0, 0.05) is 18.4 Å². The molecule has 1 unspecified atom stereocenters. The molecule has 0 aliphatic rings. The van der Waals surface area contributed by atoms with E-state index in [2.05, 4.69) is 4.98 Å². The van der Waals surface area contributed by atoms with Crippen LogP contribution in [0.4, 0.5) is 4.39 Å². The molecule has 2 rings (SSSR count). The van der Waals surface area contributed by atoms with Gasteiger partial charge >= 0.3 is 0 Å². The molecule has 94 valence electrons. The molecule has 0 saturated carbocycles. The number of rotatable bonds is 4. The molecule has 0 amide bonds. The highest BCUT2D eigenvalue weighted by atomic mass is 35.5. The molecule has 2 aromatic rings. The summed E-state index contributed by atoms with van der Waals surface area (Å²) in [7, 11) is 0. The van der Waals surface area contributed by atoms with E-state index in [9.17, 15) is 4.39 Å². The first-order valence-corrected chi connectivity index (χ1v) is 6.11. The molecule has 0 radical (unpaired) electrons. The normalized spacial score (nSPS) is 12.4. The van der Waals surface area contributed by atoms with Gasteiger partial charge in [0.25, 0.3) is 0 Å². The van der Waals surface area contributed by atoms with E-state index in [4.69, 9.17) is 17.3 Å². The van der Waals surface area contributed by atoms with Crippen molar-refractivity contribution in [3.05, 3.63) is 64.7 Å². The number of hydrogen-bond acceptors (Lipinski definition) is 2. The Bertz CT molecular complexity index is 513. The van der Waals surface area contributed by atoms with Crippen LogP contribution in [-0.4, -0.2) is 11.0 Å². The topological polar surface area (TPSA) is 38.9 Å². The molecular formula is C14H14ClFN2. The summed E-state index contributed by atoms with van der Waals surface area (Å²) in [6, 6.07) is 8.22. The average Bonchev–Trinajstić information content (AvgIpc) is 2.35. The van der Waals surface area contributed by atoms with Gasteiger partial charge in [-0.15, -0.1) is 0 Å². The number of halogens is 2. The number of pyridine rings is 1. The summed E-state index contributed by atoms with van der Waals surface area (Å²) in [4.78, 5) is 3.93. The third kappa shape index (κ3) is 3.52. The summed E-state index contributed by atoms with van der Waals surface area (Å²) in [5.74, 6) is -0.232. The highest BCUT2D eigenvalue weighted by Gasteiger charge is 2.08. The van der Waals surface area contributed by atoms with Gasteiger partial charge in [-0.2, -0.15) is 0 Å². The third-order valence-electron chi connectivity index (χ3n) is 2.75. The summed E-state index contributed by atoms with van der Waals surface area (Å²) in [6.07, 6.45) is 4.69. The lowest BCUT2D eigenvalue weighted by Crippen LogP contribution is -2.25. The summed E-state index contributed by atoms with van der Waals surface area (Å²) >= 11 is 6.02. The molecular weight excluding hydrogens is 251 g/mol. The van der Waals surface area contributed by atoms with E-state index in [1.807, 2.05) is 6.07 Å². The molecule has 1 aromatic heterocycles. The molecule has 0 saturated heterocycles. The van der Waals surface area contributed by atoms with Crippen LogP contribution in [0.1, 0.15) is 11.1 Å². The molecule has 1 atom stereocenters. The van der Waals surface area contributed by atoms with Crippen molar-refractivity contribution in [1.82, 2.24) is 4.98 Å². The van der Waals surface area contributed by atoms with Crippen LogP contribution in [-0.2, 0) is 12.8 Å². The van der Waals surface area contributed by atoms with Gasteiger partial charge in [-0.1, -0.05) is 23.7 Å². The monoisotopic (exact) mass is 264 g/mol. The molecule has 0 spiro atoms. The van der Waals surface area contributed by atoms with E-state index in [0.717, 1.165) is 11.1 Å². The van der Waals surface area contributed by atoms with Crippen molar-refractivity contribution < 1.29 is 4.39 Å². The first kappa shape index (κ1) is 13.0. The molecule has 4 heteroatoms. The number of nitrogens with zero attached hydrogens (tertiary/aromatic N) is 1. The van der Waals surface area contributed by atoms with E-state index in [-0.39, 0.29) is 11.9 Å². The average molecular weight is 265 g/mol. The first-order valence-electron chi connectivity index (χ1n) is 5.73. The SMILES string of the molecule is NC(Cc1ccc(F)cc1)Cc1ccncc1Cl. The number of nitrogens with two attached hydrogens (primary N) is 1. The molecule has 2 N–H and O–H groups in total. The minimum atomic E-state index is -0.232. The fraction of sp³-hybridized carbons (Fsp3) is 0.214. The maximum Gasteiger partial charge on any atom is 0.123 e. The fourth-order valence-corrected chi connectivity index (χ4v) is 2.04. The van der Waals surface area contributed by atoms with Crippen molar-refractivity contribution in [2.75, 3.05) is 0 Å². The maximum absolute atomic E-state index is 12.8. The van der Waals surface area contributed by atoms with Gasteiger partial charge in [-0.05, 0) is 42.2 Å². The maximum atomic E-state index is 12.8. The smallest absolute Gasteiger partial charge is 0.123 e. The van der Waals surface area contributed by atoms with Crippen LogP contribution in [0.15, 0.2) is 42.7 Å². The van der Waals surface area contributed by atoms with Crippen LogP contribution in [0, 0.1) is 5.82 Å². The predicted molar refractivity (Wildman–Crippen MR) is 71.0 cm³/mol. The van der Waals surface area contributed by atoms with Crippen molar-refractivity contribution in [2.24, 2.45) is 5.73 Å². The van der Waals surface area contributed by atoms with Gasteiger partial charge in [0.1, 0.15) is 5.82 Å². The Hall–Kier alpha value is -1.45. The predicted octanol–water partition coefficient (Wildman–Crippen LogP) is 2.99. The first-order chi connectivity index (χ1) is 8.65. The molecule has 2 nitrogen and oxygen atoms in total. The van der Waals surface area contributed by atoms with Crippen molar-refractivity contribution in [3.8, 4) is 0 Å². The molecule has 0 aliphatic heterocycles. The Kier molecular flexibility index (Phi) is 4.28. The largest absolute Gasteiger partial charge is 0.327 e. The minimum absolute atomic E-state index is 0.0460. The van der Waals surface area contributed by atoms with Crippen LogP contribution in [0.5, 0.6) is 0 Å². The van der Waals surface area contributed by atoms with E-state index >= 15 is 0 Å². The van der Waals surface area contributed by atoms with Crippen LogP contribution in [0.2, 0.25) is 5.02 Å². The number of aromatic nitrogens is 1. The van der Waals surface area contributed by atoms with Crippen molar-refractivity contribution in [2.45, 2.75) is 18.9 Å². The van der Waals surface area contributed by atoms with Crippen LogP contribution < -0.4 is 5.73 Å². The molecule has 0 bridgehead atoms. The lowest BCUT2D eigenvalue weighted by molar-refractivity contribution is 0.623. The standard InChI is InChI=1S/C14H14ClFN2/c15-14-9-18-6-5-11(14)8-13(17)7-10-1-3-12(16)4-2-10/h1-6,9,13H,7-8,17H2. The van der Waals surface area contributed by atoms with Crippen LogP contribution in [0.3, 0.4) is 0 Å². The summed E-state index contributed by atoms with van der Waals surface area (Å²) in [5, 5.41) is 0.632. The molecule has 1 heterocycles. The zero-order valence-electron chi connectivity index (χ0n) is 9.81. The second-order valence-corrected chi connectivity index (χ2v) is 4.67. The second kappa shape index (κ2) is 5.94. The second-order valence-electron chi connectivity index (χ2n) is 4.26. The molecule has 0 fully saturated rings. The number of benzene rings is 1. The van der Waals surface area contributed by atoms with Crippen molar-refractivity contribution >= 4 is 11.6 Å². The van der Waals surface area contributed by atoms with Gasteiger partial charge in [-0.3, -0.25) is 4.98 Å². The Labute approximate surface area is 111 Å². The third-order valence-corrected chi connectivity index (χ3v) is 3.09. The lowest BCUT2D eigenvalue weighted by atomic mass is 10.0. The molecule has 18 heavy (non-hydrogen) atoms. The molecule has 0 aliphatic carbocycles. The zero-order chi connectivity index (χ0) is 13.0. The molecule has 1 aromatic carbocycles. The summed E-state index contributed by atoms with van der Waals surface area (Å²) < 4.78 is 12.8. The minimum Gasteiger partial charge on any atom is -0.327 e. The highest BCUT2D eigenvalue weighted by Crippen LogP contribution is 2.16. The van der Waals surface area contributed by atoms with E-state index < -0.39 is 0 Å². The van der Waals surface area contributed by atoms with E-state index in [1.165, 1.54) is 12.1 Å². The van der Waals surface area contributed by atoms with Crippen LogP contribution >= 0.6 is 11.6 Å². The van der Waals surface area contributed by atoms with Crippen molar-refractivity contribution in [3.63, 3.8) is 0 Å². The van der Waals surface area contributed by atoms with Gasteiger partial charge in [-0.25, -0.2) is 4.39 Å². The van der Waals surface area contributed by atoms with Gasteiger partial charge < -0.3 is 5.73 Å². The van der Waals surface area contributed by atoms with Crippen LogP contribution in [0.25, 0.3) is 0 Å². The summed E-state index contributed by atoms with van der Waals surface area (Å²) in [6.45, 7) is 0. The fourth-order valence-electron chi connectivity index (χ4n) is 1.85. The quantitative estimate of drug-likeness (QED) is 0.922. The lowest BCUT2D eigenvalue weighted by Gasteiger charge is -2.12. The van der Waals surface area contributed by atoms with Gasteiger partial charge in [0.2, 0.25) is 0 Å². The Morgan fingerprint density at radius 2 is 1.89 bits per heavy atom. The Morgan fingerprint density at radius 1 is 1.17 bits per heavy atom. The van der Waals surface area contributed by atoms with Gasteiger partial charge in [0.15, 0.2) is 0 Å². The summed E-state index contributed by atoms with van der Waals surface area (Å²) in [5.41, 5.74) is 8.08. The Morgan fingerprint density at radius 3 is 2.56 bits per heavy atom. The zero-order valence-corrected chi connectivity index (χ0v) is 10.6. The van der Waals surface area contributed by atoms with E-state index in [0.29, 0.717) is 17.9 Å². The van der Waals surface area contributed by atoms with E-state index in [1.54, 1.807) is 24.5 Å². The van der Waals surface area contributed by atoms with Crippen molar-refractivity contribution in [1.29, 1.82) is 0 Å². The Balaban J connectivity index is 1.99. The number of hydrogen-bond donors (Lipinski definition) is 1. The highest BCUT2D eigenvalue weighted by molar-refractivity contribution is 6.31. The van der Waals surface area contributed by atoms with Gasteiger partial charge in [0.05, 0.1) is 5.02 Å².